The van der Waals surface area contributed by atoms with E-state index in [1.165, 1.54) is 13.3 Å². The highest BCUT2D eigenvalue weighted by molar-refractivity contribution is 6.35. The van der Waals surface area contributed by atoms with E-state index in [0.717, 1.165) is 5.56 Å². The summed E-state index contributed by atoms with van der Waals surface area (Å²) in [4.78, 5) is 34.7. The fraction of sp³-hybridized carbons (Fsp3) is 0.238. The van der Waals surface area contributed by atoms with E-state index in [2.05, 4.69) is 20.6 Å². The molecule has 29 heavy (non-hydrogen) atoms. The van der Waals surface area contributed by atoms with E-state index < -0.39 is 17.8 Å². The molecule has 8 nitrogen and oxygen atoms in total. The smallest absolute Gasteiger partial charge is 0.337 e. The molecule has 2 aromatic carbocycles. The summed E-state index contributed by atoms with van der Waals surface area (Å²) in [5, 5.41) is 6.29. The Labute approximate surface area is 168 Å². The van der Waals surface area contributed by atoms with Crippen LogP contribution in [0.15, 0.2) is 53.6 Å². The lowest BCUT2D eigenvalue weighted by Crippen LogP contribution is -2.41. The maximum absolute atomic E-state index is 11.7. The van der Waals surface area contributed by atoms with Gasteiger partial charge in [-0.3, -0.25) is 9.59 Å². The van der Waals surface area contributed by atoms with Crippen molar-refractivity contribution in [3.05, 3.63) is 65.2 Å². The van der Waals surface area contributed by atoms with Gasteiger partial charge in [-0.2, -0.15) is 5.10 Å². The summed E-state index contributed by atoms with van der Waals surface area (Å²) in [6, 6.07) is 13.9. The van der Waals surface area contributed by atoms with Gasteiger partial charge in [0.15, 0.2) is 0 Å². The summed E-state index contributed by atoms with van der Waals surface area (Å²) >= 11 is 0. The van der Waals surface area contributed by atoms with Crippen molar-refractivity contribution in [1.82, 2.24) is 10.7 Å². The number of amides is 2. The van der Waals surface area contributed by atoms with Gasteiger partial charge in [-0.25, -0.2) is 10.2 Å². The molecule has 0 atom stereocenters. The molecule has 0 aliphatic heterocycles. The minimum atomic E-state index is -0.848. The van der Waals surface area contributed by atoms with Gasteiger partial charge in [0.05, 0.1) is 18.9 Å². The number of hydrogen-bond acceptors (Lipinski definition) is 6. The van der Waals surface area contributed by atoms with Crippen LogP contribution in [0.1, 0.15) is 35.3 Å². The van der Waals surface area contributed by atoms with E-state index in [4.69, 9.17) is 4.74 Å². The molecule has 0 unspecified atom stereocenters. The third-order valence-corrected chi connectivity index (χ3v) is 3.68. The molecule has 2 N–H and O–H groups in total. The van der Waals surface area contributed by atoms with Crippen LogP contribution in [0.25, 0.3) is 0 Å². The molecule has 0 saturated carbocycles. The van der Waals surface area contributed by atoms with Crippen LogP contribution in [0, 0.1) is 0 Å². The number of carbonyl (C=O) groups excluding carboxylic acids is 3. The lowest BCUT2D eigenvalue weighted by Gasteiger charge is -2.09. The van der Waals surface area contributed by atoms with Crippen LogP contribution in [-0.2, 0) is 20.9 Å². The average Bonchev–Trinajstić information content (AvgIpc) is 2.72. The van der Waals surface area contributed by atoms with Crippen molar-refractivity contribution >= 4 is 24.0 Å². The van der Waals surface area contributed by atoms with E-state index in [0.29, 0.717) is 16.9 Å². The molecule has 2 aromatic rings. The predicted octanol–water partition coefficient (Wildman–Crippen LogP) is 2.03. The Morgan fingerprint density at radius 2 is 1.72 bits per heavy atom. The van der Waals surface area contributed by atoms with Crippen LogP contribution in [0.3, 0.4) is 0 Å². The van der Waals surface area contributed by atoms with Crippen molar-refractivity contribution in [2.24, 2.45) is 5.10 Å². The monoisotopic (exact) mass is 397 g/mol. The van der Waals surface area contributed by atoms with Gasteiger partial charge in [-0.15, -0.1) is 0 Å². The molecule has 0 saturated heterocycles. The Morgan fingerprint density at radius 1 is 1.03 bits per heavy atom. The number of nitrogens with zero attached hydrogens (tertiary/aromatic N) is 1. The van der Waals surface area contributed by atoms with Gasteiger partial charge in [0, 0.05) is 11.6 Å². The van der Waals surface area contributed by atoms with E-state index in [1.54, 1.807) is 56.3 Å². The largest absolute Gasteiger partial charge is 0.488 e. The van der Waals surface area contributed by atoms with Crippen molar-refractivity contribution in [1.29, 1.82) is 0 Å². The lowest BCUT2D eigenvalue weighted by atomic mass is 10.1. The number of rotatable bonds is 7. The summed E-state index contributed by atoms with van der Waals surface area (Å²) in [5.74, 6) is -1.45. The fourth-order valence-corrected chi connectivity index (χ4v) is 2.27. The number of carbonyl (C=O) groups is 3. The molecular formula is C21H23N3O5. The second kappa shape index (κ2) is 10.6. The van der Waals surface area contributed by atoms with Gasteiger partial charge in [0.2, 0.25) is 0 Å². The minimum Gasteiger partial charge on any atom is -0.488 e. The SMILES string of the molecule is COC(=O)c1ccc(COc2ccccc2/C=N\NC(=O)C(=O)NC(C)C)cc1. The zero-order valence-electron chi connectivity index (χ0n) is 16.5. The first-order chi connectivity index (χ1) is 13.9. The molecule has 0 aliphatic rings. The number of hydrogen-bond donors (Lipinski definition) is 2. The highest BCUT2D eigenvalue weighted by atomic mass is 16.5. The van der Waals surface area contributed by atoms with Crippen molar-refractivity contribution in [3.63, 3.8) is 0 Å². The summed E-state index contributed by atoms with van der Waals surface area (Å²) in [5.41, 5.74) is 4.13. The average molecular weight is 397 g/mol. The summed E-state index contributed by atoms with van der Waals surface area (Å²) in [6.07, 6.45) is 1.40. The first kappa shape index (κ1) is 21.6. The molecular weight excluding hydrogens is 374 g/mol. The van der Waals surface area contributed by atoms with E-state index >= 15 is 0 Å². The number of methoxy groups -OCH3 is 1. The van der Waals surface area contributed by atoms with Crippen LogP contribution in [0.2, 0.25) is 0 Å². The van der Waals surface area contributed by atoms with Crippen LogP contribution in [0.5, 0.6) is 5.75 Å². The number of benzene rings is 2. The Balaban J connectivity index is 1.97. The second-order valence-electron chi connectivity index (χ2n) is 6.34. The molecule has 152 valence electrons. The van der Waals surface area contributed by atoms with E-state index in [9.17, 15) is 14.4 Å². The topological polar surface area (TPSA) is 106 Å². The molecule has 0 aliphatic carbocycles. The molecule has 0 radical (unpaired) electrons. The molecule has 2 amide bonds. The number of hydrazone groups is 1. The Kier molecular flexibility index (Phi) is 7.90. The molecule has 2 rings (SSSR count). The van der Waals surface area contributed by atoms with Crippen molar-refractivity contribution in [2.75, 3.05) is 7.11 Å². The molecule has 8 heteroatoms. The van der Waals surface area contributed by atoms with Gasteiger partial charge < -0.3 is 14.8 Å². The number of ether oxygens (including phenoxy) is 2. The van der Waals surface area contributed by atoms with Gasteiger partial charge in [-0.05, 0) is 43.7 Å². The molecule has 0 spiro atoms. The van der Waals surface area contributed by atoms with Crippen LogP contribution < -0.4 is 15.5 Å². The summed E-state index contributed by atoms with van der Waals surface area (Å²) in [6.45, 7) is 3.78. The maximum atomic E-state index is 11.7. The van der Waals surface area contributed by atoms with Gasteiger partial charge in [0.1, 0.15) is 12.4 Å². The zero-order valence-corrected chi connectivity index (χ0v) is 16.5. The Morgan fingerprint density at radius 3 is 2.38 bits per heavy atom. The third-order valence-electron chi connectivity index (χ3n) is 3.68. The first-order valence-corrected chi connectivity index (χ1v) is 8.93. The van der Waals surface area contributed by atoms with Crippen molar-refractivity contribution in [3.8, 4) is 5.75 Å². The van der Waals surface area contributed by atoms with Crippen LogP contribution in [-0.4, -0.2) is 37.1 Å². The maximum Gasteiger partial charge on any atom is 0.337 e. The van der Waals surface area contributed by atoms with Gasteiger partial charge >= 0.3 is 17.8 Å². The summed E-state index contributed by atoms with van der Waals surface area (Å²) in [7, 11) is 1.33. The third kappa shape index (κ3) is 6.76. The standard InChI is InChI=1S/C21H23N3O5/c1-14(2)23-19(25)20(26)24-22-12-17-6-4-5-7-18(17)29-13-15-8-10-16(11-9-15)21(27)28-3/h4-12,14H,13H2,1-3H3,(H,23,25)(H,24,26)/b22-12-. The molecule has 0 bridgehead atoms. The number of nitrogens with one attached hydrogen (secondary N) is 2. The normalized spacial score (nSPS) is 10.6. The highest BCUT2D eigenvalue weighted by Gasteiger charge is 2.13. The summed E-state index contributed by atoms with van der Waals surface area (Å²) < 4.78 is 10.5. The van der Waals surface area contributed by atoms with Gasteiger partial charge in [-0.1, -0.05) is 24.3 Å². The predicted molar refractivity (Wildman–Crippen MR) is 108 cm³/mol. The van der Waals surface area contributed by atoms with Crippen LogP contribution in [0.4, 0.5) is 0 Å². The fourth-order valence-electron chi connectivity index (χ4n) is 2.27. The quantitative estimate of drug-likeness (QED) is 0.322. The molecule has 0 fully saturated rings. The van der Waals surface area contributed by atoms with E-state index in [-0.39, 0.29) is 12.6 Å². The lowest BCUT2D eigenvalue weighted by molar-refractivity contribution is -0.139. The zero-order chi connectivity index (χ0) is 21.2. The molecule has 0 heterocycles. The Bertz CT molecular complexity index is 891. The van der Waals surface area contributed by atoms with Gasteiger partial charge in [0.25, 0.3) is 0 Å². The number of para-hydroxylation sites is 1. The number of esters is 1. The molecule has 0 aromatic heterocycles. The highest BCUT2D eigenvalue weighted by Crippen LogP contribution is 2.18. The minimum absolute atomic E-state index is 0.145. The first-order valence-electron chi connectivity index (χ1n) is 8.93. The Hall–Kier alpha value is -3.68. The second-order valence-corrected chi connectivity index (χ2v) is 6.34. The van der Waals surface area contributed by atoms with E-state index in [1.807, 2.05) is 6.07 Å². The van der Waals surface area contributed by atoms with Crippen LogP contribution >= 0.6 is 0 Å². The van der Waals surface area contributed by atoms with Crippen molar-refractivity contribution in [2.45, 2.75) is 26.5 Å². The van der Waals surface area contributed by atoms with Crippen molar-refractivity contribution < 1.29 is 23.9 Å².